The smallest absolute Gasteiger partial charge is 0.333 e. The second-order valence-electron chi connectivity index (χ2n) is 10.5. The van der Waals surface area contributed by atoms with Gasteiger partial charge in [0.2, 0.25) is 11.8 Å². The van der Waals surface area contributed by atoms with E-state index in [0.29, 0.717) is 6.42 Å². The summed E-state index contributed by atoms with van der Waals surface area (Å²) >= 11 is 0. The van der Waals surface area contributed by atoms with Gasteiger partial charge in [0.15, 0.2) is 5.66 Å². The third kappa shape index (κ3) is 4.38. The number of rotatable bonds is 6. The third-order valence-electron chi connectivity index (χ3n) is 7.99. The second kappa shape index (κ2) is 10.0. The number of amides is 4. The van der Waals surface area contributed by atoms with Crippen LogP contribution < -0.4 is 5.32 Å². The van der Waals surface area contributed by atoms with Crippen molar-refractivity contribution in [1.29, 1.82) is 0 Å². The molecule has 3 aliphatic rings. The van der Waals surface area contributed by atoms with E-state index in [1.165, 1.54) is 6.07 Å². The van der Waals surface area contributed by atoms with Crippen LogP contribution >= 0.6 is 0 Å². The van der Waals surface area contributed by atoms with E-state index >= 15 is 0 Å². The van der Waals surface area contributed by atoms with Crippen molar-refractivity contribution in [3.63, 3.8) is 0 Å². The van der Waals surface area contributed by atoms with Gasteiger partial charge in [-0.15, -0.1) is 0 Å². The number of hydrogen-bond acceptors (Lipinski definition) is 4. The molecule has 3 fully saturated rings. The number of halogens is 2. The Morgan fingerprint density at radius 2 is 1.65 bits per heavy atom. The molecular formula is C30H29F2N5O3. The Kier molecular flexibility index (Phi) is 6.50. The van der Waals surface area contributed by atoms with E-state index in [-0.39, 0.29) is 43.4 Å². The summed E-state index contributed by atoms with van der Waals surface area (Å²) in [5.41, 5.74) is 0.825. The fraction of sp³-hybridized carbons (Fsp3) is 0.300. The highest BCUT2D eigenvalue weighted by Gasteiger charge is 2.75. The minimum absolute atomic E-state index is 0.0710. The van der Waals surface area contributed by atoms with Gasteiger partial charge >= 0.3 is 6.03 Å². The number of hydrogen-bond donors (Lipinski definition) is 1. The molecule has 2 saturated heterocycles. The van der Waals surface area contributed by atoms with Crippen LogP contribution in [0.25, 0.3) is 0 Å². The van der Waals surface area contributed by atoms with Crippen LogP contribution in [0, 0.1) is 11.6 Å². The predicted molar refractivity (Wildman–Crippen MR) is 142 cm³/mol. The van der Waals surface area contributed by atoms with Gasteiger partial charge in [-0.2, -0.15) is 0 Å². The Hall–Kier alpha value is -4.31. The number of likely N-dealkylation sites (N-methyl/N-ethyl adjacent to an activating group) is 1. The summed E-state index contributed by atoms with van der Waals surface area (Å²) in [5.74, 6) is -2.03. The minimum atomic E-state index is -1.12. The number of nitrogens with zero attached hydrogens (tertiary/aromatic N) is 4. The normalized spacial score (nSPS) is 24.0. The molecule has 10 heteroatoms. The molecule has 4 amide bonds. The van der Waals surface area contributed by atoms with Crippen molar-refractivity contribution >= 4 is 17.8 Å². The molecule has 1 spiro atoms. The average molecular weight is 546 g/mol. The average Bonchev–Trinajstić information content (AvgIpc) is 3.66. The number of urea groups is 1. The Morgan fingerprint density at radius 1 is 0.975 bits per heavy atom. The molecule has 3 atom stereocenters. The van der Waals surface area contributed by atoms with E-state index in [1.54, 1.807) is 26.9 Å². The molecule has 0 bridgehead atoms. The number of benzene rings is 3. The van der Waals surface area contributed by atoms with Crippen molar-refractivity contribution < 1.29 is 23.2 Å². The molecule has 2 heterocycles. The zero-order valence-corrected chi connectivity index (χ0v) is 22.0. The molecule has 0 aromatic heterocycles. The lowest BCUT2D eigenvalue weighted by molar-refractivity contribution is -0.192. The van der Waals surface area contributed by atoms with E-state index in [0.717, 1.165) is 23.3 Å². The fourth-order valence-corrected chi connectivity index (χ4v) is 6.14. The Morgan fingerprint density at radius 3 is 2.33 bits per heavy atom. The Bertz CT molecular complexity index is 1460. The highest BCUT2D eigenvalue weighted by molar-refractivity contribution is 5.94. The molecule has 0 radical (unpaired) electrons. The van der Waals surface area contributed by atoms with E-state index in [4.69, 9.17) is 0 Å². The zero-order valence-electron chi connectivity index (χ0n) is 22.0. The topological polar surface area (TPSA) is 76.2 Å². The first-order valence-electron chi connectivity index (χ1n) is 13.2. The summed E-state index contributed by atoms with van der Waals surface area (Å²) in [5, 5.41) is 6.09. The van der Waals surface area contributed by atoms with Crippen LogP contribution in [-0.2, 0) is 29.1 Å². The first-order chi connectivity index (χ1) is 19.3. The maximum Gasteiger partial charge on any atom is 0.334 e. The van der Waals surface area contributed by atoms with Crippen molar-refractivity contribution in [2.24, 2.45) is 0 Å². The van der Waals surface area contributed by atoms with Gasteiger partial charge < -0.3 is 15.1 Å². The molecule has 1 aliphatic carbocycles. The molecule has 1 unspecified atom stereocenters. The van der Waals surface area contributed by atoms with Gasteiger partial charge in [0, 0.05) is 44.6 Å². The lowest BCUT2D eigenvalue weighted by Gasteiger charge is -2.55. The maximum absolute atomic E-state index is 14.7. The summed E-state index contributed by atoms with van der Waals surface area (Å²) in [6, 6.07) is 20.3. The molecule has 6 rings (SSSR count). The number of nitrogens with one attached hydrogen (secondary N) is 1. The van der Waals surface area contributed by atoms with Crippen molar-refractivity contribution in [1.82, 2.24) is 25.1 Å². The summed E-state index contributed by atoms with van der Waals surface area (Å²) in [6.07, 6.45) is 0.563. The van der Waals surface area contributed by atoms with Crippen molar-refractivity contribution in [2.45, 2.75) is 43.7 Å². The first-order valence-corrected chi connectivity index (χ1v) is 13.2. The largest absolute Gasteiger partial charge is 0.334 e. The second-order valence-corrected chi connectivity index (χ2v) is 10.5. The molecule has 2 aliphatic heterocycles. The van der Waals surface area contributed by atoms with Gasteiger partial charge in [-0.25, -0.2) is 23.6 Å². The molecule has 1 saturated carbocycles. The van der Waals surface area contributed by atoms with Gasteiger partial charge in [-0.3, -0.25) is 9.59 Å². The van der Waals surface area contributed by atoms with Gasteiger partial charge in [-0.1, -0.05) is 66.7 Å². The standard InChI is InChI=1S/C30H29F2N5O3/c1-34-19-27(38)36-25(14-20-8-4-2-5-9-20)28(39)35(18-22-12-13-23(31)15-24(22)32)26-16-30(26,36)37(34)29(40)33-17-21-10-6-3-7-11-21/h2-13,15,25-26H,14,16-19H2,1H3,(H,33,40)/t25-,26+,30?/m0/s1. The van der Waals surface area contributed by atoms with Crippen LogP contribution in [-0.4, -0.2) is 69.0 Å². The quantitative estimate of drug-likeness (QED) is 0.516. The summed E-state index contributed by atoms with van der Waals surface area (Å²) in [6.45, 7) is 0.113. The molecular weight excluding hydrogens is 516 g/mol. The van der Waals surface area contributed by atoms with E-state index in [9.17, 15) is 23.2 Å². The van der Waals surface area contributed by atoms with Crippen LogP contribution in [0.15, 0.2) is 78.9 Å². The van der Waals surface area contributed by atoms with Crippen LogP contribution in [0.2, 0.25) is 0 Å². The lowest BCUT2D eigenvalue weighted by Crippen LogP contribution is -2.77. The van der Waals surface area contributed by atoms with Crippen molar-refractivity contribution in [3.8, 4) is 0 Å². The predicted octanol–water partition coefficient (Wildman–Crippen LogP) is 3.29. The van der Waals surface area contributed by atoms with Crippen molar-refractivity contribution in [3.05, 3.63) is 107 Å². The number of carbonyl (C=O) groups is 3. The van der Waals surface area contributed by atoms with E-state index < -0.39 is 35.4 Å². The van der Waals surface area contributed by atoms with Crippen LogP contribution in [0.1, 0.15) is 23.1 Å². The third-order valence-corrected chi connectivity index (χ3v) is 7.99. The molecule has 40 heavy (non-hydrogen) atoms. The van der Waals surface area contributed by atoms with Crippen LogP contribution in [0.5, 0.6) is 0 Å². The highest BCUT2D eigenvalue weighted by atomic mass is 19.1. The Balaban J connectivity index is 1.37. The van der Waals surface area contributed by atoms with Gasteiger partial charge in [-0.05, 0) is 17.2 Å². The summed E-state index contributed by atoms with van der Waals surface area (Å²) in [7, 11) is 1.67. The molecule has 8 nitrogen and oxygen atoms in total. The fourth-order valence-electron chi connectivity index (χ4n) is 6.14. The lowest BCUT2D eigenvalue weighted by atomic mass is 9.98. The molecule has 3 aromatic carbocycles. The van der Waals surface area contributed by atoms with Crippen molar-refractivity contribution in [2.75, 3.05) is 13.6 Å². The molecule has 3 aromatic rings. The molecule has 1 N–H and O–H groups in total. The monoisotopic (exact) mass is 545 g/mol. The number of hydrazine groups is 1. The van der Waals surface area contributed by atoms with Gasteiger partial charge in [0.1, 0.15) is 17.7 Å². The highest BCUT2D eigenvalue weighted by Crippen LogP contribution is 2.55. The number of carbonyl (C=O) groups excluding carboxylic acids is 3. The SMILES string of the molecule is CN1CC(=O)N2[C@@H](Cc3ccccc3)C(=O)N(Cc3ccc(F)cc3F)[C@@H]3CC32N1C(=O)NCc1ccccc1. The van der Waals surface area contributed by atoms with Gasteiger partial charge in [0.25, 0.3) is 0 Å². The van der Waals surface area contributed by atoms with Gasteiger partial charge in [0.05, 0.1) is 12.6 Å². The number of piperazine rings is 1. The maximum atomic E-state index is 14.7. The van der Waals surface area contributed by atoms with E-state index in [2.05, 4.69) is 5.32 Å². The summed E-state index contributed by atoms with van der Waals surface area (Å²) in [4.78, 5) is 44.4. The minimum Gasteiger partial charge on any atom is -0.333 e. The first kappa shape index (κ1) is 25.9. The molecule has 206 valence electrons. The van der Waals surface area contributed by atoms with Crippen LogP contribution in [0.3, 0.4) is 0 Å². The van der Waals surface area contributed by atoms with Crippen LogP contribution in [0.4, 0.5) is 13.6 Å². The zero-order chi connectivity index (χ0) is 28.0. The van der Waals surface area contributed by atoms with E-state index in [1.807, 2.05) is 60.7 Å². The summed E-state index contributed by atoms with van der Waals surface area (Å²) < 4.78 is 28.3. The Labute approximate surface area is 230 Å².